The van der Waals surface area contributed by atoms with Crippen molar-refractivity contribution in [2.24, 2.45) is 7.05 Å². The summed E-state index contributed by atoms with van der Waals surface area (Å²) >= 11 is 0. The molecule has 1 amide bonds. The van der Waals surface area contributed by atoms with Gasteiger partial charge in [-0.3, -0.25) is 14.4 Å². The lowest BCUT2D eigenvalue weighted by molar-refractivity contribution is 0.0940. The predicted molar refractivity (Wildman–Crippen MR) is 99.8 cm³/mol. The Labute approximate surface area is 154 Å². The van der Waals surface area contributed by atoms with Crippen molar-refractivity contribution in [2.45, 2.75) is 6.54 Å². The molecule has 0 bridgehead atoms. The lowest BCUT2D eigenvalue weighted by Crippen LogP contribution is -2.26. The van der Waals surface area contributed by atoms with E-state index in [0.29, 0.717) is 22.4 Å². The zero-order valence-electron chi connectivity index (χ0n) is 14.5. The van der Waals surface area contributed by atoms with Gasteiger partial charge < -0.3 is 15.0 Å². The van der Waals surface area contributed by atoms with Gasteiger partial charge in [-0.05, 0) is 17.2 Å². The first-order valence-electron chi connectivity index (χ1n) is 8.41. The van der Waals surface area contributed by atoms with Crippen LogP contribution >= 0.6 is 0 Å². The summed E-state index contributed by atoms with van der Waals surface area (Å²) in [5.74, 6) is -0.909. The highest BCUT2D eigenvalue weighted by Gasteiger charge is 2.30. The largest absolute Gasteiger partial charge is 0.503 e. The minimum absolute atomic E-state index is 0.0929. The summed E-state index contributed by atoms with van der Waals surface area (Å²) in [5, 5.41) is 12.2. The van der Waals surface area contributed by atoms with Gasteiger partial charge in [0.1, 0.15) is 0 Å². The monoisotopic (exact) mass is 360 g/mol. The van der Waals surface area contributed by atoms with Crippen LogP contribution in [0.25, 0.3) is 11.1 Å². The molecule has 6 nitrogen and oxygen atoms in total. The van der Waals surface area contributed by atoms with Gasteiger partial charge in [0.05, 0.1) is 12.1 Å². The fourth-order valence-electron chi connectivity index (χ4n) is 3.36. The van der Waals surface area contributed by atoms with Crippen LogP contribution in [-0.4, -0.2) is 21.4 Å². The Morgan fingerprint density at radius 1 is 1.04 bits per heavy atom. The Morgan fingerprint density at radius 2 is 1.74 bits per heavy atom. The van der Waals surface area contributed by atoms with Crippen molar-refractivity contribution in [2.75, 3.05) is 0 Å². The van der Waals surface area contributed by atoms with Crippen molar-refractivity contribution in [3.8, 4) is 16.9 Å². The van der Waals surface area contributed by atoms with Crippen LogP contribution in [0.1, 0.15) is 32.0 Å². The smallest absolute Gasteiger partial charge is 0.252 e. The van der Waals surface area contributed by atoms with E-state index in [0.717, 1.165) is 11.1 Å². The molecule has 1 aromatic heterocycles. The molecule has 1 heterocycles. The molecule has 0 atom stereocenters. The minimum Gasteiger partial charge on any atom is -0.503 e. The van der Waals surface area contributed by atoms with E-state index < -0.39 is 11.3 Å². The van der Waals surface area contributed by atoms with Crippen LogP contribution in [0.3, 0.4) is 0 Å². The highest BCUT2D eigenvalue weighted by atomic mass is 16.3. The number of hydrogen-bond acceptors (Lipinski definition) is 4. The molecular formula is C21H16N2O4. The van der Waals surface area contributed by atoms with E-state index in [1.165, 1.54) is 12.3 Å². The van der Waals surface area contributed by atoms with E-state index >= 15 is 0 Å². The summed E-state index contributed by atoms with van der Waals surface area (Å²) < 4.78 is 1.56. The number of hydrogen-bond donors (Lipinski definition) is 2. The van der Waals surface area contributed by atoms with Crippen molar-refractivity contribution in [1.29, 1.82) is 0 Å². The van der Waals surface area contributed by atoms with E-state index in [9.17, 15) is 19.5 Å². The Morgan fingerprint density at radius 3 is 2.52 bits per heavy atom. The lowest BCUT2D eigenvalue weighted by Gasteiger charge is -2.12. The molecule has 134 valence electrons. The maximum Gasteiger partial charge on any atom is 0.252 e. The van der Waals surface area contributed by atoms with Gasteiger partial charge in [0, 0.05) is 36.1 Å². The van der Waals surface area contributed by atoms with Gasteiger partial charge in [0.2, 0.25) is 5.43 Å². The van der Waals surface area contributed by atoms with Gasteiger partial charge in [-0.15, -0.1) is 0 Å². The van der Waals surface area contributed by atoms with Gasteiger partial charge in [-0.2, -0.15) is 0 Å². The number of pyridine rings is 1. The third-order valence-corrected chi connectivity index (χ3v) is 4.75. The minimum atomic E-state index is -0.511. The summed E-state index contributed by atoms with van der Waals surface area (Å²) in [7, 11) is 1.67. The number of carbonyl (C=O) groups excluding carboxylic acids is 2. The number of carbonyl (C=O) groups is 2. The van der Waals surface area contributed by atoms with E-state index in [4.69, 9.17) is 0 Å². The number of rotatable bonds is 3. The van der Waals surface area contributed by atoms with Crippen molar-refractivity contribution in [3.63, 3.8) is 0 Å². The van der Waals surface area contributed by atoms with Crippen LogP contribution in [0.4, 0.5) is 0 Å². The van der Waals surface area contributed by atoms with Gasteiger partial charge >= 0.3 is 0 Å². The first-order valence-corrected chi connectivity index (χ1v) is 8.41. The van der Waals surface area contributed by atoms with E-state index in [1.54, 1.807) is 35.9 Å². The molecular weight excluding hydrogens is 344 g/mol. The van der Waals surface area contributed by atoms with Gasteiger partial charge in [0.25, 0.3) is 5.91 Å². The normalized spacial score (nSPS) is 11.8. The van der Waals surface area contributed by atoms with Crippen molar-refractivity contribution >= 4 is 11.7 Å². The third-order valence-electron chi connectivity index (χ3n) is 4.75. The van der Waals surface area contributed by atoms with E-state index in [-0.39, 0.29) is 18.1 Å². The first kappa shape index (κ1) is 16.8. The number of aromatic nitrogens is 1. The molecule has 1 aliphatic carbocycles. The van der Waals surface area contributed by atoms with Crippen LogP contribution in [0.2, 0.25) is 0 Å². The second kappa shape index (κ2) is 6.25. The topological polar surface area (TPSA) is 88.4 Å². The predicted octanol–water partition coefficient (Wildman–Crippen LogP) is 2.23. The maximum absolute atomic E-state index is 12.8. The number of ketones is 1. The molecule has 2 aromatic carbocycles. The summed E-state index contributed by atoms with van der Waals surface area (Å²) in [6, 6.07) is 13.8. The number of benzene rings is 2. The molecule has 0 spiro atoms. The number of nitrogens with zero attached hydrogens (tertiary/aromatic N) is 1. The number of amides is 1. The molecule has 2 N–H and O–H groups in total. The molecule has 0 saturated heterocycles. The molecule has 0 unspecified atom stereocenters. The van der Waals surface area contributed by atoms with Gasteiger partial charge in [0.15, 0.2) is 11.5 Å². The highest BCUT2D eigenvalue weighted by molar-refractivity contribution is 6.25. The van der Waals surface area contributed by atoms with Crippen LogP contribution in [0.15, 0.2) is 59.5 Å². The molecule has 0 saturated carbocycles. The summed E-state index contributed by atoms with van der Waals surface area (Å²) in [6.07, 6.45) is 1.30. The number of aromatic hydroxyl groups is 1. The number of fused-ring (bicyclic) bond motifs is 3. The van der Waals surface area contributed by atoms with Crippen LogP contribution in [0, 0.1) is 0 Å². The lowest BCUT2D eigenvalue weighted by atomic mass is 10.0. The molecule has 0 radical (unpaired) electrons. The molecule has 1 aliphatic rings. The SMILES string of the molecule is Cn1cc(O)c(=O)cc1CNC(=O)c1cccc2c1C(=O)c1ccccc1-2. The fourth-order valence-corrected chi connectivity index (χ4v) is 3.36. The van der Waals surface area contributed by atoms with Crippen molar-refractivity contribution < 1.29 is 14.7 Å². The molecule has 0 fully saturated rings. The summed E-state index contributed by atoms with van der Waals surface area (Å²) in [6.45, 7) is 0.0929. The van der Waals surface area contributed by atoms with Gasteiger partial charge in [-0.1, -0.05) is 36.4 Å². The Balaban J connectivity index is 1.65. The molecule has 3 aromatic rings. The average Bonchev–Trinajstić information content (AvgIpc) is 2.96. The Kier molecular flexibility index (Phi) is 3.88. The summed E-state index contributed by atoms with van der Waals surface area (Å²) in [4.78, 5) is 37.1. The van der Waals surface area contributed by atoms with Crippen LogP contribution < -0.4 is 10.7 Å². The first-order chi connectivity index (χ1) is 13.0. The second-order valence-electron chi connectivity index (χ2n) is 6.41. The van der Waals surface area contributed by atoms with E-state index in [1.807, 2.05) is 18.2 Å². The maximum atomic E-state index is 12.8. The molecule has 6 heteroatoms. The van der Waals surface area contributed by atoms with Crippen molar-refractivity contribution in [1.82, 2.24) is 9.88 Å². The molecule has 0 aliphatic heterocycles. The molecule has 4 rings (SSSR count). The zero-order valence-corrected chi connectivity index (χ0v) is 14.5. The second-order valence-corrected chi connectivity index (χ2v) is 6.41. The fraction of sp³-hybridized carbons (Fsp3) is 0.0952. The van der Waals surface area contributed by atoms with Crippen LogP contribution in [0.5, 0.6) is 5.75 Å². The van der Waals surface area contributed by atoms with Crippen molar-refractivity contribution in [3.05, 3.63) is 87.3 Å². The average molecular weight is 360 g/mol. The highest BCUT2D eigenvalue weighted by Crippen LogP contribution is 2.37. The zero-order chi connectivity index (χ0) is 19.1. The van der Waals surface area contributed by atoms with E-state index in [2.05, 4.69) is 5.32 Å². The molecule has 27 heavy (non-hydrogen) atoms. The van der Waals surface area contributed by atoms with Gasteiger partial charge in [-0.25, -0.2) is 0 Å². The van der Waals surface area contributed by atoms with Crippen LogP contribution in [-0.2, 0) is 13.6 Å². The number of nitrogens with one attached hydrogen (secondary N) is 1. The quantitative estimate of drug-likeness (QED) is 0.586. The Bertz CT molecular complexity index is 1160. The Hall–Kier alpha value is -3.67. The number of aryl methyl sites for hydroxylation is 1. The standard InChI is InChI=1S/C21H16N2O4/c1-23-11-18(25)17(24)9-12(23)10-22-21(27)16-8-4-7-14-13-5-2-3-6-15(13)20(26)19(14)16/h2-9,11,25H,10H2,1H3,(H,22,27). The summed E-state index contributed by atoms with van der Waals surface area (Å²) in [5.41, 5.74) is 2.90. The third kappa shape index (κ3) is 2.71.